The van der Waals surface area contributed by atoms with E-state index in [9.17, 15) is 18.3 Å². The molecular weight excluding hydrogens is 539 g/mol. The molecule has 0 atom stereocenters. The molecule has 0 aliphatic carbocycles. The van der Waals surface area contributed by atoms with Gasteiger partial charge in [0.05, 0.1) is 10.6 Å². The van der Waals surface area contributed by atoms with Crippen molar-refractivity contribution >= 4 is 49.0 Å². The largest absolute Gasteiger partial charge is 0.507 e. The lowest BCUT2D eigenvalue weighted by Gasteiger charge is -2.13. The Labute approximate surface area is 210 Å². The number of carbonyl (C=O) groups excluding carboxylic acids is 1. The number of hydrogen-bond donors (Lipinski definition) is 5. The van der Waals surface area contributed by atoms with E-state index in [1.54, 1.807) is 37.3 Å². The normalized spacial score (nSPS) is 12.1. The van der Waals surface area contributed by atoms with Crippen LogP contribution in [0.4, 0.5) is 10.1 Å². The van der Waals surface area contributed by atoms with E-state index in [4.69, 9.17) is 16.3 Å². The minimum atomic E-state index is -3.97. The quantitative estimate of drug-likeness (QED) is 0.163. The molecule has 0 bridgehead atoms. The van der Waals surface area contributed by atoms with E-state index in [1.807, 2.05) is 0 Å². The van der Waals surface area contributed by atoms with Crippen LogP contribution in [0.3, 0.4) is 0 Å². The maximum absolute atomic E-state index is 15.2. The number of nitrogen functional groups attached to an aromatic ring is 1. The summed E-state index contributed by atoms with van der Waals surface area (Å²) >= 11 is 3.32. The second-order valence-electron chi connectivity index (χ2n) is 7.48. The molecule has 3 aromatic rings. The molecule has 0 radical (unpaired) electrons. The molecule has 0 fully saturated rings. The Bertz CT molecular complexity index is 1470. The van der Waals surface area contributed by atoms with Crippen molar-refractivity contribution in [3.8, 4) is 16.9 Å². The minimum absolute atomic E-state index is 0.0573. The number of benzene rings is 3. The van der Waals surface area contributed by atoms with Gasteiger partial charge in [-0.3, -0.25) is 10.2 Å². The van der Waals surface area contributed by atoms with Crippen LogP contribution in [0.2, 0.25) is 0 Å². The SMILES string of the molecule is CC/C(=C(\F)C(=O)Nc1ccc(-c2ccccc2S(N)(=O)=O)cc1Br)c1cc(C(=N)N)ccc1O. The number of halogens is 2. The smallest absolute Gasteiger partial charge is 0.284 e. The lowest BCUT2D eigenvalue weighted by molar-refractivity contribution is -0.114. The predicted octanol–water partition coefficient (Wildman–Crippen LogP) is 4.48. The number of amidine groups is 1. The van der Waals surface area contributed by atoms with Gasteiger partial charge >= 0.3 is 0 Å². The molecule has 0 unspecified atom stereocenters. The number of sulfonamides is 1. The number of amides is 1. The van der Waals surface area contributed by atoms with Gasteiger partial charge in [0, 0.05) is 26.7 Å². The number of primary sulfonamides is 1. The molecule has 3 aromatic carbocycles. The maximum Gasteiger partial charge on any atom is 0.284 e. The summed E-state index contributed by atoms with van der Waals surface area (Å²) in [5.41, 5.74) is 6.87. The predicted molar refractivity (Wildman–Crippen MR) is 137 cm³/mol. The molecule has 182 valence electrons. The lowest BCUT2D eigenvalue weighted by atomic mass is 9.98. The van der Waals surface area contributed by atoms with Crippen molar-refractivity contribution in [3.05, 3.63) is 82.1 Å². The average Bonchev–Trinajstić information content (AvgIpc) is 2.81. The van der Waals surface area contributed by atoms with Gasteiger partial charge in [-0.25, -0.2) is 17.9 Å². The molecule has 0 spiro atoms. The Kier molecular flexibility index (Phi) is 7.73. The van der Waals surface area contributed by atoms with Gasteiger partial charge in [0.15, 0.2) is 5.83 Å². The summed E-state index contributed by atoms with van der Waals surface area (Å²) < 4.78 is 39.4. The third-order valence-corrected chi connectivity index (χ3v) is 6.80. The monoisotopic (exact) mass is 560 g/mol. The number of carbonyl (C=O) groups is 1. The van der Waals surface area contributed by atoms with E-state index in [1.165, 1.54) is 30.3 Å². The highest BCUT2D eigenvalue weighted by Gasteiger charge is 2.21. The number of aromatic hydroxyl groups is 1. The molecular formula is C24H22BrFN4O4S. The van der Waals surface area contributed by atoms with Gasteiger partial charge < -0.3 is 16.2 Å². The first kappa shape index (κ1) is 26.1. The second-order valence-corrected chi connectivity index (χ2v) is 9.87. The van der Waals surface area contributed by atoms with Crippen molar-refractivity contribution in [2.75, 3.05) is 5.32 Å². The number of allylic oxidation sites excluding steroid dienone is 1. The van der Waals surface area contributed by atoms with E-state index in [2.05, 4.69) is 21.2 Å². The minimum Gasteiger partial charge on any atom is -0.507 e. The summed E-state index contributed by atoms with van der Waals surface area (Å²) in [7, 11) is -3.97. The Hall–Kier alpha value is -3.54. The number of nitrogens with two attached hydrogens (primary N) is 2. The first-order valence-corrected chi connectivity index (χ1v) is 12.6. The van der Waals surface area contributed by atoms with E-state index < -0.39 is 21.8 Å². The van der Waals surface area contributed by atoms with Crippen molar-refractivity contribution in [1.29, 1.82) is 5.41 Å². The van der Waals surface area contributed by atoms with Crippen LogP contribution in [0.5, 0.6) is 5.75 Å². The highest BCUT2D eigenvalue weighted by Crippen LogP contribution is 2.34. The molecule has 0 aliphatic rings. The van der Waals surface area contributed by atoms with E-state index in [0.717, 1.165) is 0 Å². The molecule has 3 rings (SSSR count). The van der Waals surface area contributed by atoms with Gasteiger partial charge in [0.1, 0.15) is 11.6 Å². The van der Waals surface area contributed by atoms with Crippen LogP contribution in [0.25, 0.3) is 16.7 Å². The van der Waals surface area contributed by atoms with Crippen LogP contribution in [-0.2, 0) is 14.8 Å². The number of phenolic OH excluding ortho intramolecular Hbond substituents is 1. The van der Waals surface area contributed by atoms with Crippen molar-refractivity contribution < 1.29 is 22.7 Å². The molecule has 35 heavy (non-hydrogen) atoms. The van der Waals surface area contributed by atoms with Gasteiger partial charge in [-0.15, -0.1) is 0 Å². The zero-order valence-corrected chi connectivity index (χ0v) is 20.9. The van der Waals surface area contributed by atoms with Gasteiger partial charge in [0.25, 0.3) is 5.91 Å². The lowest BCUT2D eigenvalue weighted by Crippen LogP contribution is -2.15. The summed E-state index contributed by atoms with van der Waals surface area (Å²) in [4.78, 5) is 12.6. The van der Waals surface area contributed by atoms with Crippen LogP contribution in [0, 0.1) is 5.41 Å². The summed E-state index contributed by atoms with van der Waals surface area (Å²) in [6.07, 6.45) is 0.0820. The highest BCUT2D eigenvalue weighted by atomic mass is 79.9. The van der Waals surface area contributed by atoms with Crippen molar-refractivity contribution in [2.24, 2.45) is 10.9 Å². The zero-order chi connectivity index (χ0) is 25.9. The van der Waals surface area contributed by atoms with Gasteiger partial charge in [-0.05, 0) is 64.3 Å². The molecule has 0 saturated heterocycles. The Morgan fingerprint density at radius 1 is 1.14 bits per heavy atom. The summed E-state index contributed by atoms with van der Waals surface area (Å²) in [6.45, 7) is 1.62. The summed E-state index contributed by atoms with van der Waals surface area (Å²) in [5.74, 6) is -2.68. The zero-order valence-electron chi connectivity index (χ0n) is 18.5. The maximum atomic E-state index is 15.2. The fourth-order valence-corrected chi connectivity index (χ4v) is 4.70. The van der Waals surface area contributed by atoms with E-state index >= 15 is 4.39 Å². The number of rotatable bonds is 7. The number of anilines is 1. The molecule has 11 heteroatoms. The van der Waals surface area contributed by atoms with Gasteiger partial charge in [-0.2, -0.15) is 0 Å². The van der Waals surface area contributed by atoms with E-state index in [-0.39, 0.29) is 45.3 Å². The topological polar surface area (TPSA) is 159 Å². The molecule has 0 aromatic heterocycles. The third-order valence-electron chi connectivity index (χ3n) is 5.17. The molecule has 0 aliphatic heterocycles. The Morgan fingerprint density at radius 2 is 1.83 bits per heavy atom. The number of nitrogens with one attached hydrogen (secondary N) is 2. The highest BCUT2D eigenvalue weighted by molar-refractivity contribution is 9.10. The molecule has 8 nitrogen and oxygen atoms in total. The standard InChI is InChI=1S/C24H22BrFN4O4S/c1-2-15(17-11-14(23(27)28)8-10-20(17)31)22(26)24(32)30-19-9-7-13(12-18(19)25)16-5-3-4-6-21(16)35(29,33)34/h3-12,31H,2H2,1H3,(H3,27,28)(H,30,32)(H2,29,33,34)/b22-15+. The number of hydrogen-bond acceptors (Lipinski definition) is 5. The molecule has 1 amide bonds. The summed E-state index contributed by atoms with van der Waals surface area (Å²) in [5, 5.41) is 25.5. The first-order valence-electron chi connectivity index (χ1n) is 10.2. The van der Waals surface area contributed by atoms with Gasteiger partial charge in [0.2, 0.25) is 10.0 Å². The first-order chi connectivity index (χ1) is 16.4. The average molecular weight is 561 g/mol. The summed E-state index contributed by atoms with van der Waals surface area (Å²) in [6, 6.07) is 14.9. The fourth-order valence-electron chi connectivity index (χ4n) is 3.46. The third kappa shape index (κ3) is 5.76. The molecule has 0 heterocycles. The van der Waals surface area contributed by atoms with Crippen molar-refractivity contribution in [2.45, 2.75) is 18.2 Å². The Morgan fingerprint density at radius 3 is 2.43 bits per heavy atom. The van der Waals surface area contributed by atoms with Crippen LogP contribution < -0.4 is 16.2 Å². The second kappa shape index (κ2) is 10.4. The van der Waals surface area contributed by atoms with E-state index in [0.29, 0.717) is 15.6 Å². The fraction of sp³-hybridized carbons (Fsp3) is 0.0833. The van der Waals surface area contributed by atoms with Crippen molar-refractivity contribution in [3.63, 3.8) is 0 Å². The Balaban J connectivity index is 1.96. The van der Waals surface area contributed by atoms with Crippen molar-refractivity contribution in [1.82, 2.24) is 0 Å². The van der Waals surface area contributed by atoms with Crippen LogP contribution in [-0.4, -0.2) is 25.3 Å². The van der Waals surface area contributed by atoms with Gasteiger partial charge in [-0.1, -0.05) is 31.2 Å². The molecule has 0 saturated carbocycles. The van der Waals surface area contributed by atoms with Crippen LogP contribution in [0.15, 0.2) is 75.9 Å². The number of phenols is 1. The van der Waals surface area contributed by atoms with Crippen LogP contribution in [0.1, 0.15) is 24.5 Å². The molecule has 7 N–H and O–H groups in total. The van der Waals surface area contributed by atoms with Crippen LogP contribution >= 0.6 is 15.9 Å².